The second-order valence-corrected chi connectivity index (χ2v) is 9.38. The number of nitrogens with zero attached hydrogens (tertiary/aromatic N) is 1. The summed E-state index contributed by atoms with van der Waals surface area (Å²) in [5.41, 5.74) is -0.0241. The topological polar surface area (TPSA) is 29.5 Å². The molecule has 1 saturated carbocycles. The van der Waals surface area contributed by atoms with Crippen molar-refractivity contribution < 1.29 is 22.7 Å². The van der Waals surface area contributed by atoms with Crippen molar-refractivity contribution in [2.24, 2.45) is 5.92 Å². The second kappa shape index (κ2) is 9.44. The molecule has 172 valence electrons. The second-order valence-electron chi connectivity index (χ2n) is 8.94. The Kier molecular flexibility index (Phi) is 6.82. The van der Waals surface area contributed by atoms with Gasteiger partial charge in [-0.15, -0.1) is 0 Å². The normalized spacial score (nSPS) is 21.1. The summed E-state index contributed by atoms with van der Waals surface area (Å²) < 4.78 is 43.9. The third-order valence-electron chi connectivity index (χ3n) is 6.78. The highest BCUT2D eigenvalue weighted by Crippen LogP contribution is 2.45. The van der Waals surface area contributed by atoms with E-state index in [-0.39, 0.29) is 11.7 Å². The number of hydrogen-bond donors (Lipinski definition) is 0. The van der Waals surface area contributed by atoms with E-state index in [2.05, 4.69) is 4.90 Å². The van der Waals surface area contributed by atoms with E-state index in [9.17, 15) is 18.0 Å². The van der Waals surface area contributed by atoms with Gasteiger partial charge in [0.1, 0.15) is 5.75 Å². The lowest BCUT2D eigenvalue weighted by molar-refractivity contribution is -0.137. The Labute approximate surface area is 191 Å². The lowest BCUT2D eigenvalue weighted by Crippen LogP contribution is -2.49. The monoisotopic (exact) mass is 465 g/mol. The number of benzene rings is 2. The van der Waals surface area contributed by atoms with Gasteiger partial charge in [0.05, 0.1) is 24.1 Å². The molecular formula is C25H27ClF3NO2. The highest BCUT2D eigenvalue weighted by Gasteiger charge is 2.45. The van der Waals surface area contributed by atoms with Gasteiger partial charge in [-0.3, -0.25) is 9.69 Å². The van der Waals surface area contributed by atoms with Crippen LogP contribution in [0.4, 0.5) is 13.2 Å². The molecule has 32 heavy (non-hydrogen) atoms. The van der Waals surface area contributed by atoms with Gasteiger partial charge in [-0.25, -0.2) is 0 Å². The molecule has 1 aliphatic heterocycles. The first kappa shape index (κ1) is 23.1. The van der Waals surface area contributed by atoms with Crippen molar-refractivity contribution in [3.63, 3.8) is 0 Å². The van der Waals surface area contributed by atoms with E-state index in [4.69, 9.17) is 16.3 Å². The van der Waals surface area contributed by atoms with Crippen LogP contribution in [0, 0.1) is 5.92 Å². The molecule has 1 saturated heterocycles. The Bertz CT molecular complexity index is 924. The van der Waals surface area contributed by atoms with Crippen LogP contribution in [0.5, 0.6) is 5.75 Å². The summed E-state index contributed by atoms with van der Waals surface area (Å²) in [7, 11) is 0. The first-order valence-electron chi connectivity index (χ1n) is 11.1. The number of ketones is 1. The van der Waals surface area contributed by atoms with Crippen LogP contribution >= 0.6 is 11.6 Å². The molecule has 2 aromatic carbocycles. The van der Waals surface area contributed by atoms with Crippen LogP contribution in [0.15, 0.2) is 48.5 Å². The molecule has 1 unspecified atom stereocenters. The Morgan fingerprint density at radius 3 is 2.34 bits per heavy atom. The van der Waals surface area contributed by atoms with Crippen LogP contribution in [-0.2, 0) is 16.4 Å². The minimum absolute atomic E-state index is 0.242. The molecule has 2 aliphatic rings. The van der Waals surface area contributed by atoms with Gasteiger partial charge in [0, 0.05) is 17.5 Å². The van der Waals surface area contributed by atoms with Crippen molar-refractivity contribution in [2.75, 3.05) is 26.2 Å². The molecule has 7 heteroatoms. The average molecular weight is 466 g/mol. The highest BCUT2D eigenvalue weighted by atomic mass is 35.5. The van der Waals surface area contributed by atoms with Crippen molar-refractivity contribution in [3.05, 3.63) is 64.7 Å². The Morgan fingerprint density at radius 2 is 1.75 bits per heavy atom. The molecule has 0 amide bonds. The minimum Gasteiger partial charge on any atom is -0.493 e. The number of halogens is 4. The molecular weight excluding hydrogens is 439 g/mol. The Balaban J connectivity index is 1.32. The van der Waals surface area contributed by atoms with Crippen LogP contribution in [0.3, 0.4) is 0 Å². The number of carbonyl (C=O) groups is 1. The predicted molar refractivity (Wildman–Crippen MR) is 118 cm³/mol. The molecule has 2 fully saturated rings. The number of piperidine rings is 1. The molecule has 0 radical (unpaired) electrons. The van der Waals surface area contributed by atoms with Crippen LogP contribution in [-0.4, -0.2) is 36.9 Å². The number of likely N-dealkylation sites (tertiary alicyclic amines) is 1. The molecule has 3 nitrogen and oxygen atoms in total. The molecule has 0 aromatic heterocycles. The largest absolute Gasteiger partial charge is 0.493 e. The first-order chi connectivity index (χ1) is 15.3. The fourth-order valence-electron chi connectivity index (χ4n) is 4.77. The van der Waals surface area contributed by atoms with E-state index in [0.29, 0.717) is 23.9 Å². The minimum atomic E-state index is -4.35. The smallest absolute Gasteiger partial charge is 0.416 e. The number of carbonyl (C=O) groups excluding carboxylic acids is 1. The number of Topliss-reactive ketones (excluding diaryl/α,β-unsaturated/α-hetero) is 1. The number of ether oxygens (including phenoxy) is 1. The lowest BCUT2D eigenvalue weighted by atomic mass is 9.62. The van der Waals surface area contributed by atoms with Gasteiger partial charge in [0.25, 0.3) is 0 Å². The fraction of sp³-hybridized carbons (Fsp3) is 0.480. The van der Waals surface area contributed by atoms with E-state index in [0.717, 1.165) is 62.9 Å². The number of alkyl halides is 3. The Hall–Kier alpha value is -2.05. The zero-order chi connectivity index (χ0) is 22.8. The Morgan fingerprint density at radius 1 is 1.06 bits per heavy atom. The van der Waals surface area contributed by atoms with Gasteiger partial charge < -0.3 is 4.74 Å². The maximum Gasteiger partial charge on any atom is 0.416 e. The van der Waals surface area contributed by atoms with Crippen LogP contribution in [0.25, 0.3) is 0 Å². The lowest BCUT2D eigenvalue weighted by Gasteiger charge is -2.43. The van der Waals surface area contributed by atoms with Crippen molar-refractivity contribution in [3.8, 4) is 5.75 Å². The van der Waals surface area contributed by atoms with Gasteiger partial charge in [-0.05, 0) is 74.2 Å². The van der Waals surface area contributed by atoms with E-state index < -0.39 is 17.2 Å². The van der Waals surface area contributed by atoms with E-state index in [1.807, 2.05) is 24.3 Å². The highest BCUT2D eigenvalue weighted by molar-refractivity contribution is 6.30. The van der Waals surface area contributed by atoms with Gasteiger partial charge >= 0.3 is 6.18 Å². The molecule has 0 bridgehead atoms. The maximum atomic E-state index is 13.3. The van der Waals surface area contributed by atoms with Crippen LogP contribution in [0.1, 0.15) is 43.2 Å². The standard InChI is InChI=1S/C25H27ClF3NO2/c26-21-8-4-19(5-9-21)24(12-2-13-24)23(31)16-30-14-1-3-18(15-30)17-32-22-10-6-20(7-11-22)25(27,28)29/h4-11,18H,1-3,12-17H2. The van der Waals surface area contributed by atoms with Crippen molar-refractivity contribution in [2.45, 2.75) is 43.7 Å². The number of rotatable bonds is 7. The summed E-state index contributed by atoms with van der Waals surface area (Å²) in [6.07, 6.45) is 0.413. The summed E-state index contributed by atoms with van der Waals surface area (Å²) in [5, 5.41) is 0.669. The average Bonchev–Trinajstić information content (AvgIpc) is 2.73. The summed E-state index contributed by atoms with van der Waals surface area (Å²) in [4.78, 5) is 15.5. The van der Waals surface area contributed by atoms with Gasteiger partial charge in [-0.2, -0.15) is 13.2 Å². The SMILES string of the molecule is O=C(CN1CCCC(COc2ccc(C(F)(F)F)cc2)C1)C1(c2ccc(Cl)cc2)CCC1. The van der Waals surface area contributed by atoms with E-state index in [1.165, 1.54) is 12.1 Å². The third kappa shape index (κ3) is 5.12. The molecule has 1 heterocycles. The van der Waals surface area contributed by atoms with Crippen molar-refractivity contribution in [1.82, 2.24) is 4.90 Å². The van der Waals surface area contributed by atoms with Gasteiger partial charge in [-0.1, -0.05) is 30.2 Å². The van der Waals surface area contributed by atoms with E-state index >= 15 is 0 Å². The van der Waals surface area contributed by atoms with Gasteiger partial charge in [0.15, 0.2) is 5.78 Å². The third-order valence-corrected chi connectivity index (χ3v) is 7.03. The molecule has 0 N–H and O–H groups in total. The summed E-state index contributed by atoms with van der Waals surface area (Å²) in [5.74, 6) is 0.935. The first-order valence-corrected chi connectivity index (χ1v) is 11.5. The summed E-state index contributed by atoms with van der Waals surface area (Å²) in [6.45, 7) is 2.47. The molecule has 4 rings (SSSR count). The van der Waals surface area contributed by atoms with E-state index in [1.54, 1.807) is 0 Å². The fourth-order valence-corrected chi connectivity index (χ4v) is 4.89. The van der Waals surface area contributed by atoms with Crippen molar-refractivity contribution in [1.29, 1.82) is 0 Å². The number of hydrogen-bond acceptors (Lipinski definition) is 3. The van der Waals surface area contributed by atoms with Crippen LogP contribution < -0.4 is 4.74 Å². The molecule has 1 atom stereocenters. The molecule has 0 spiro atoms. The van der Waals surface area contributed by atoms with Crippen LogP contribution in [0.2, 0.25) is 5.02 Å². The van der Waals surface area contributed by atoms with Crippen molar-refractivity contribution >= 4 is 17.4 Å². The summed E-state index contributed by atoms with van der Waals surface area (Å²) >= 11 is 6.02. The molecule has 2 aromatic rings. The zero-order valence-electron chi connectivity index (χ0n) is 17.8. The quantitative estimate of drug-likeness (QED) is 0.492. The molecule has 1 aliphatic carbocycles. The maximum absolute atomic E-state index is 13.3. The zero-order valence-corrected chi connectivity index (χ0v) is 18.6. The predicted octanol–water partition coefficient (Wildman–Crippen LogP) is 6.14. The summed E-state index contributed by atoms with van der Waals surface area (Å²) in [6, 6.07) is 12.4. The van der Waals surface area contributed by atoms with Gasteiger partial charge in [0.2, 0.25) is 0 Å².